The Morgan fingerprint density at radius 2 is 2.06 bits per heavy atom. The number of piperidine rings is 1. The van der Waals surface area contributed by atoms with Crippen molar-refractivity contribution in [1.29, 1.82) is 0 Å². The van der Waals surface area contributed by atoms with Crippen LogP contribution in [0.5, 0.6) is 0 Å². The number of nitrogens with zero attached hydrogens (tertiary/aromatic N) is 1. The Bertz CT molecular complexity index is 386. The van der Waals surface area contributed by atoms with E-state index in [1.54, 1.807) is 0 Å². The Balaban J connectivity index is 2.05. The molecule has 0 spiro atoms. The summed E-state index contributed by atoms with van der Waals surface area (Å²) in [7, 11) is 0. The van der Waals surface area contributed by atoms with Gasteiger partial charge < -0.3 is 10.0 Å². The number of benzene rings is 1. The number of anilines is 1. The first kappa shape index (κ1) is 13.7. The molecule has 1 fully saturated rings. The van der Waals surface area contributed by atoms with Gasteiger partial charge in [0.15, 0.2) is 0 Å². The van der Waals surface area contributed by atoms with Crippen LogP contribution >= 0.6 is 11.6 Å². The first-order valence-electron chi connectivity index (χ1n) is 6.88. The van der Waals surface area contributed by atoms with Gasteiger partial charge in [-0.3, -0.25) is 0 Å². The zero-order valence-corrected chi connectivity index (χ0v) is 11.8. The predicted molar refractivity (Wildman–Crippen MR) is 77.2 cm³/mol. The highest BCUT2D eigenvalue weighted by molar-refractivity contribution is 6.30. The Labute approximate surface area is 115 Å². The van der Waals surface area contributed by atoms with E-state index >= 15 is 0 Å². The SMILES string of the molecule is CCCC1CCN(c2ccc(Cl)cc2CO)CC1. The molecule has 0 bridgehead atoms. The summed E-state index contributed by atoms with van der Waals surface area (Å²) in [5.74, 6) is 0.885. The molecule has 1 aromatic carbocycles. The van der Waals surface area contributed by atoms with E-state index in [0.29, 0.717) is 5.02 Å². The smallest absolute Gasteiger partial charge is 0.0702 e. The summed E-state index contributed by atoms with van der Waals surface area (Å²) in [6, 6.07) is 5.82. The number of halogens is 1. The van der Waals surface area contributed by atoms with Gasteiger partial charge in [0.05, 0.1) is 6.61 Å². The molecular formula is C15H22ClNO. The van der Waals surface area contributed by atoms with Crippen LogP contribution in [-0.2, 0) is 6.61 Å². The van der Waals surface area contributed by atoms with Crippen LogP contribution in [0.2, 0.25) is 5.02 Å². The number of aliphatic hydroxyl groups excluding tert-OH is 1. The average Bonchev–Trinajstić information content (AvgIpc) is 2.40. The fourth-order valence-electron chi connectivity index (χ4n) is 2.86. The minimum Gasteiger partial charge on any atom is -0.392 e. The fourth-order valence-corrected chi connectivity index (χ4v) is 3.05. The van der Waals surface area contributed by atoms with Gasteiger partial charge >= 0.3 is 0 Å². The van der Waals surface area contributed by atoms with E-state index in [9.17, 15) is 5.11 Å². The molecule has 1 aliphatic heterocycles. The van der Waals surface area contributed by atoms with E-state index < -0.39 is 0 Å². The van der Waals surface area contributed by atoms with E-state index in [0.717, 1.165) is 30.3 Å². The van der Waals surface area contributed by atoms with Crippen molar-refractivity contribution in [2.24, 2.45) is 5.92 Å². The molecule has 2 rings (SSSR count). The van der Waals surface area contributed by atoms with Crippen molar-refractivity contribution in [3.05, 3.63) is 28.8 Å². The zero-order chi connectivity index (χ0) is 13.0. The summed E-state index contributed by atoms with van der Waals surface area (Å²) in [5.41, 5.74) is 2.09. The predicted octanol–water partition coefficient (Wildman–Crippen LogP) is 3.85. The highest BCUT2D eigenvalue weighted by atomic mass is 35.5. The van der Waals surface area contributed by atoms with Crippen LogP contribution < -0.4 is 4.90 Å². The van der Waals surface area contributed by atoms with E-state index in [-0.39, 0.29) is 6.61 Å². The molecule has 1 saturated heterocycles. The van der Waals surface area contributed by atoms with Gasteiger partial charge in [0, 0.05) is 29.4 Å². The molecule has 0 unspecified atom stereocenters. The number of hydrogen-bond donors (Lipinski definition) is 1. The van der Waals surface area contributed by atoms with Crippen molar-refractivity contribution in [3.63, 3.8) is 0 Å². The number of aliphatic hydroxyl groups is 1. The molecule has 100 valence electrons. The maximum Gasteiger partial charge on any atom is 0.0702 e. The number of rotatable bonds is 4. The largest absolute Gasteiger partial charge is 0.392 e. The molecular weight excluding hydrogens is 246 g/mol. The Kier molecular flexibility index (Phi) is 4.90. The standard InChI is InChI=1S/C15H22ClNO/c1-2-3-12-6-8-17(9-7-12)15-5-4-14(16)10-13(15)11-18/h4-5,10,12,18H,2-3,6-9,11H2,1H3. The van der Waals surface area contributed by atoms with Gasteiger partial charge in [-0.15, -0.1) is 0 Å². The van der Waals surface area contributed by atoms with Crippen LogP contribution in [0.3, 0.4) is 0 Å². The number of hydrogen-bond acceptors (Lipinski definition) is 2. The van der Waals surface area contributed by atoms with Crippen LogP contribution in [0, 0.1) is 5.92 Å². The van der Waals surface area contributed by atoms with E-state index in [1.165, 1.54) is 25.7 Å². The van der Waals surface area contributed by atoms with E-state index in [1.807, 2.05) is 18.2 Å². The van der Waals surface area contributed by atoms with Gasteiger partial charge in [0.2, 0.25) is 0 Å². The molecule has 1 aromatic rings. The zero-order valence-electron chi connectivity index (χ0n) is 11.0. The second-order valence-electron chi connectivity index (χ2n) is 5.15. The van der Waals surface area contributed by atoms with Crippen molar-refractivity contribution in [2.75, 3.05) is 18.0 Å². The van der Waals surface area contributed by atoms with E-state index in [2.05, 4.69) is 11.8 Å². The van der Waals surface area contributed by atoms with Crippen LogP contribution in [0.15, 0.2) is 18.2 Å². The van der Waals surface area contributed by atoms with Crippen LogP contribution in [0.25, 0.3) is 0 Å². The molecule has 3 heteroatoms. The molecule has 1 heterocycles. The third kappa shape index (κ3) is 3.18. The van der Waals surface area contributed by atoms with Gasteiger partial charge in [-0.25, -0.2) is 0 Å². The van der Waals surface area contributed by atoms with Gasteiger partial charge in [-0.2, -0.15) is 0 Å². The summed E-state index contributed by atoms with van der Waals surface area (Å²) in [6.45, 7) is 4.51. The molecule has 2 nitrogen and oxygen atoms in total. The molecule has 0 saturated carbocycles. The quantitative estimate of drug-likeness (QED) is 0.896. The maximum absolute atomic E-state index is 9.42. The summed E-state index contributed by atoms with van der Waals surface area (Å²) in [6.07, 6.45) is 5.16. The highest BCUT2D eigenvalue weighted by Gasteiger charge is 2.20. The minimum absolute atomic E-state index is 0.0603. The lowest BCUT2D eigenvalue weighted by Gasteiger charge is -2.34. The molecule has 1 aliphatic rings. The molecule has 18 heavy (non-hydrogen) atoms. The van der Waals surface area contributed by atoms with Gasteiger partial charge in [0.25, 0.3) is 0 Å². The second-order valence-corrected chi connectivity index (χ2v) is 5.59. The van der Waals surface area contributed by atoms with Gasteiger partial charge in [0.1, 0.15) is 0 Å². The summed E-state index contributed by atoms with van der Waals surface area (Å²) in [5, 5.41) is 10.1. The summed E-state index contributed by atoms with van der Waals surface area (Å²) in [4.78, 5) is 2.38. The summed E-state index contributed by atoms with van der Waals surface area (Å²) >= 11 is 5.97. The second kappa shape index (κ2) is 6.44. The Hall–Kier alpha value is -0.730. The first-order valence-corrected chi connectivity index (χ1v) is 7.26. The fraction of sp³-hybridized carbons (Fsp3) is 0.600. The lowest BCUT2D eigenvalue weighted by Crippen LogP contribution is -2.34. The van der Waals surface area contributed by atoms with Gasteiger partial charge in [-0.1, -0.05) is 31.4 Å². The normalized spacial score (nSPS) is 17.2. The molecule has 0 radical (unpaired) electrons. The minimum atomic E-state index is 0.0603. The summed E-state index contributed by atoms with van der Waals surface area (Å²) < 4.78 is 0. The van der Waals surface area contributed by atoms with Crippen molar-refractivity contribution in [2.45, 2.75) is 39.2 Å². The molecule has 0 aromatic heterocycles. The molecule has 0 aliphatic carbocycles. The first-order chi connectivity index (χ1) is 8.74. The van der Waals surface area contributed by atoms with Crippen LogP contribution in [-0.4, -0.2) is 18.2 Å². The molecule has 1 N–H and O–H groups in total. The van der Waals surface area contributed by atoms with Crippen molar-refractivity contribution in [1.82, 2.24) is 0 Å². The third-order valence-corrected chi connectivity index (χ3v) is 4.10. The van der Waals surface area contributed by atoms with Crippen molar-refractivity contribution < 1.29 is 5.11 Å². The monoisotopic (exact) mass is 267 g/mol. The van der Waals surface area contributed by atoms with Crippen molar-refractivity contribution in [3.8, 4) is 0 Å². The molecule has 0 amide bonds. The Morgan fingerprint density at radius 1 is 1.33 bits per heavy atom. The maximum atomic E-state index is 9.42. The third-order valence-electron chi connectivity index (χ3n) is 3.86. The average molecular weight is 268 g/mol. The van der Waals surface area contributed by atoms with Crippen LogP contribution in [0.1, 0.15) is 38.2 Å². The lowest BCUT2D eigenvalue weighted by molar-refractivity contribution is 0.281. The topological polar surface area (TPSA) is 23.5 Å². The van der Waals surface area contributed by atoms with Gasteiger partial charge in [-0.05, 0) is 37.0 Å². The highest BCUT2D eigenvalue weighted by Crippen LogP contribution is 2.29. The molecule has 0 atom stereocenters. The lowest BCUT2D eigenvalue weighted by atomic mass is 9.92. The Morgan fingerprint density at radius 3 is 2.67 bits per heavy atom. The van der Waals surface area contributed by atoms with Crippen LogP contribution in [0.4, 0.5) is 5.69 Å². The van der Waals surface area contributed by atoms with Crippen molar-refractivity contribution >= 4 is 17.3 Å². The van der Waals surface area contributed by atoms with E-state index in [4.69, 9.17) is 11.6 Å².